The largest absolute Gasteiger partial charge is 0.326 e. The molecule has 0 atom stereocenters. The zero-order chi connectivity index (χ0) is 16.5. The number of H-pyrrole nitrogens is 1. The van der Waals surface area contributed by atoms with Crippen LogP contribution < -0.4 is 11.0 Å². The summed E-state index contributed by atoms with van der Waals surface area (Å²) in [4.78, 5) is 15.5. The highest BCUT2D eigenvalue weighted by Gasteiger charge is 2.19. The van der Waals surface area contributed by atoms with Crippen LogP contribution in [0.1, 0.15) is 29.9 Å². The summed E-state index contributed by atoms with van der Waals surface area (Å²) in [6, 6.07) is 12.5. The van der Waals surface area contributed by atoms with E-state index in [1.807, 2.05) is 18.2 Å². The van der Waals surface area contributed by atoms with Gasteiger partial charge in [-0.25, -0.2) is 9.18 Å². The number of nitrogens with zero attached hydrogens (tertiary/aromatic N) is 1. The lowest BCUT2D eigenvalue weighted by Crippen LogP contribution is -2.26. The summed E-state index contributed by atoms with van der Waals surface area (Å²) in [5.41, 5.74) is 3.66. The minimum atomic E-state index is -0.282. The van der Waals surface area contributed by atoms with E-state index in [4.69, 9.17) is 0 Å². The Balaban J connectivity index is 1.77. The zero-order valence-electron chi connectivity index (χ0n) is 13.4. The maximum Gasteiger partial charge on any atom is 0.326 e. The van der Waals surface area contributed by atoms with Crippen LogP contribution in [-0.4, -0.2) is 22.6 Å². The second kappa shape index (κ2) is 6.24. The van der Waals surface area contributed by atoms with E-state index in [9.17, 15) is 9.18 Å². The van der Waals surface area contributed by atoms with Crippen molar-refractivity contribution in [2.24, 2.45) is 0 Å². The van der Waals surface area contributed by atoms with E-state index in [1.54, 1.807) is 10.6 Å². The Morgan fingerprint density at radius 3 is 2.71 bits per heavy atom. The second-order valence-electron chi connectivity index (χ2n) is 6.41. The molecule has 24 heavy (non-hydrogen) atoms. The van der Waals surface area contributed by atoms with E-state index in [-0.39, 0.29) is 11.5 Å². The molecule has 4 nitrogen and oxygen atoms in total. The normalized spacial score (nSPS) is 15.9. The number of nitrogens with one attached hydrogen (secondary N) is 2. The van der Waals surface area contributed by atoms with Crippen molar-refractivity contribution in [1.82, 2.24) is 14.9 Å². The van der Waals surface area contributed by atoms with Crippen molar-refractivity contribution in [2.75, 3.05) is 13.1 Å². The van der Waals surface area contributed by atoms with Crippen LogP contribution in [0, 0.1) is 5.82 Å². The van der Waals surface area contributed by atoms with Crippen LogP contribution >= 0.6 is 0 Å². The van der Waals surface area contributed by atoms with Gasteiger partial charge in [-0.2, -0.15) is 0 Å². The van der Waals surface area contributed by atoms with Crippen molar-refractivity contribution in [1.29, 1.82) is 0 Å². The molecule has 1 aliphatic heterocycles. The molecule has 0 spiro atoms. The van der Waals surface area contributed by atoms with Crippen molar-refractivity contribution >= 4 is 11.0 Å². The molecule has 0 amide bonds. The molecule has 0 aliphatic carbocycles. The van der Waals surface area contributed by atoms with E-state index in [1.165, 1.54) is 17.7 Å². The Hall–Kier alpha value is -2.40. The summed E-state index contributed by atoms with van der Waals surface area (Å²) < 4.78 is 15.1. The monoisotopic (exact) mass is 325 g/mol. The van der Waals surface area contributed by atoms with E-state index in [0.717, 1.165) is 42.5 Å². The number of aromatic nitrogens is 2. The predicted octanol–water partition coefficient (Wildman–Crippen LogP) is 2.98. The predicted molar refractivity (Wildman–Crippen MR) is 92.9 cm³/mol. The molecule has 1 fully saturated rings. The number of hydrogen-bond donors (Lipinski definition) is 2. The number of piperidine rings is 1. The molecular weight excluding hydrogens is 305 g/mol. The van der Waals surface area contributed by atoms with Crippen LogP contribution in [0.25, 0.3) is 11.0 Å². The first-order valence-corrected chi connectivity index (χ1v) is 8.39. The van der Waals surface area contributed by atoms with Gasteiger partial charge in [0.1, 0.15) is 5.82 Å². The average molecular weight is 325 g/mol. The van der Waals surface area contributed by atoms with E-state index in [2.05, 4.69) is 16.4 Å². The fraction of sp³-hybridized carbons (Fsp3) is 0.316. The Labute approximate surface area is 139 Å². The first-order valence-electron chi connectivity index (χ1n) is 8.39. The molecule has 1 aliphatic rings. The smallest absolute Gasteiger partial charge is 0.317 e. The van der Waals surface area contributed by atoms with E-state index < -0.39 is 0 Å². The summed E-state index contributed by atoms with van der Waals surface area (Å²) in [6.07, 6.45) is 2.16. The van der Waals surface area contributed by atoms with Crippen LogP contribution in [0.2, 0.25) is 0 Å². The molecule has 5 heteroatoms. The maximum absolute atomic E-state index is 13.4. The van der Waals surface area contributed by atoms with Gasteiger partial charge in [-0.1, -0.05) is 24.3 Å². The Morgan fingerprint density at radius 2 is 1.92 bits per heavy atom. The lowest BCUT2D eigenvalue weighted by Gasteiger charge is -2.23. The topological polar surface area (TPSA) is 49.8 Å². The summed E-state index contributed by atoms with van der Waals surface area (Å²) >= 11 is 0. The van der Waals surface area contributed by atoms with E-state index in [0.29, 0.717) is 12.5 Å². The quantitative estimate of drug-likeness (QED) is 0.778. The molecule has 3 aromatic rings. The Bertz CT molecular complexity index is 922. The zero-order valence-corrected chi connectivity index (χ0v) is 13.4. The molecule has 0 saturated carbocycles. The number of rotatable bonds is 3. The summed E-state index contributed by atoms with van der Waals surface area (Å²) in [5, 5.41) is 3.37. The summed E-state index contributed by atoms with van der Waals surface area (Å²) in [7, 11) is 0. The van der Waals surface area contributed by atoms with Crippen molar-refractivity contribution in [2.45, 2.75) is 25.3 Å². The molecule has 0 radical (unpaired) electrons. The van der Waals surface area contributed by atoms with Gasteiger partial charge in [-0.15, -0.1) is 0 Å². The van der Waals surface area contributed by atoms with E-state index >= 15 is 0 Å². The van der Waals surface area contributed by atoms with Crippen LogP contribution in [0.4, 0.5) is 4.39 Å². The van der Waals surface area contributed by atoms with Crippen molar-refractivity contribution in [3.05, 3.63) is 69.9 Å². The summed E-state index contributed by atoms with van der Waals surface area (Å²) in [6.45, 7) is 2.39. The lowest BCUT2D eigenvalue weighted by atomic mass is 9.89. The number of halogens is 1. The molecule has 1 saturated heterocycles. The van der Waals surface area contributed by atoms with Crippen LogP contribution in [0.15, 0.2) is 47.3 Å². The van der Waals surface area contributed by atoms with Gasteiger partial charge in [-0.05, 0) is 61.2 Å². The molecule has 0 unspecified atom stereocenters. The highest BCUT2D eigenvalue weighted by Crippen LogP contribution is 2.30. The van der Waals surface area contributed by atoms with Gasteiger partial charge in [0.15, 0.2) is 0 Å². The molecule has 1 aromatic heterocycles. The van der Waals surface area contributed by atoms with Crippen molar-refractivity contribution < 1.29 is 4.39 Å². The van der Waals surface area contributed by atoms with Crippen molar-refractivity contribution in [3.8, 4) is 0 Å². The third-order valence-corrected chi connectivity index (χ3v) is 4.85. The van der Waals surface area contributed by atoms with Gasteiger partial charge in [0, 0.05) is 0 Å². The van der Waals surface area contributed by atoms with Crippen LogP contribution in [0.3, 0.4) is 0 Å². The average Bonchev–Trinajstić information content (AvgIpc) is 2.91. The number of para-hydroxylation sites is 1. The van der Waals surface area contributed by atoms with Gasteiger partial charge in [0.05, 0.1) is 17.6 Å². The van der Waals surface area contributed by atoms with Gasteiger partial charge < -0.3 is 10.3 Å². The molecule has 2 N–H and O–H groups in total. The Morgan fingerprint density at radius 1 is 1.12 bits per heavy atom. The summed E-state index contributed by atoms with van der Waals surface area (Å²) in [5.74, 6) is 0.186. The molecule has 2 aromatic carbocycles. The lowest BCUT2D eigenvalue weighted by molar-refractivity contribution is 0.462. The van der Waals surface area contributed by atoms with Crippen LogP contribution in [0.5, 0.6) is 0 Å². The molecule has 2 heterocycles. The third-order valence-electron chi connectivity index (χ3n) is 4.85. The second-order valence-corrected chi connectivity index (χ2v) is 6.41. The SMILES string of the molecule is O=c1[nH]c2c(C3CCNCC3)cccc2n1Cc1cccc(F)c1. The van der Waals surface area contributed by atoms with Crippen molar-refractivity contribution in [3.63, 3.8) is 0 Å². The molecule has 4 rings (SSSR count). The number of benzene rings is 2. The highest BCUT2D eigenvalue weighted by atomic mass is 19.1. The highest BCUT2D eigenvalue weighted by molar-refractivity contribution is 5.79. The van der Waals surface area contributed by atoms with Gasteiger partial charge in [0.2, 0.25) is 0 Å². The number of aromatic amines is 1. The number of fused-ring (bicyclic) bond motifs is 1. The standard InChI is InChI=1S/C19H20FN3O/c20-15-4-1-3-13(11-15)12-23-17-6-2-5-16(18(17)22-19(23)24)14-7-9-21-10-8-14/h1-6,11,14,21H,7-10,12H2,(H,22,24). The molecule has 0 bridgehead atoms. The maximum atomic E-state index is 13.4. The molecular formula is C19H20FN3O. The Kier molecular flexibility index (Phi) is 3.94. The number of imidazole rings is 1. The molecule has 124 valence electrons. The van der Waals surface area contributed by atoms with Gasteiger partial charge in [0.25, 0.3) is 0 Å². The minimum Gasteiger partial charge on any atom is -0.317 e. The minimum absolute atomic E-state index is 0.143. The fourth-order valence-electron chi connectivity index (χ4n) is 3.65. The third kappa shape index (κ3) is 2.76. The van der Waals surface area contributed by atoms with Crippen LogP contribution in [-0.2, 0) is 6.54 Å². The number of hydrogen-bond acceptors (Lipinski definition) is 2. The van der Waals surface area contributed by atoms with Gasteiger partial charge >= 0.3 is 5.69 Å². The first kappa shape index (κ1) is 15.1. The first-order chi connectivity index (χ1) is 11.7. The van der Waals surface area contributed by atoms with Gasteiger partial charge in [-0.3, -0.25) is 4.57 Å². The fourth-order valence-corrected chi connectivity index (χ4v) is 3.65.